The van der Waals surface area contributed by atoms with Crippen LogP contribution in [0.5, 0.6) is 0 Å². The van der Waals surface area contributed by atoms with Crippen molar-refractivity contribution in [1.82, 2.24) is 15.0 Å². The van der Waals surface area contributed by atoms with Gasteiger partial charge in [-0.15, -0.1) is 0 Å². The minimum atomic E-state index is 0.905. The zero-order valence-corrected chi connectivity index (χ0v) is 19.4. The summed E-state index contributed by atoms with van der Waals surface area (Å²) in [5, 5.41) is 2.51. The minimum absolute atomic E-state index is 0.905. The first-order valence-electron chi connectivity index (χ1n) is 11.7. The van der Waals surface area contributed by atoms with Gasteiger partial charge in [0.15, 0.2) is 0 Å². The number of hydrogen-bond donors (Lipinski definition) is 0. The van der Waals surface area contributed by atoms with Crippen molar-refractivity contribution in [3.63, 3.8) is 0 Å². The second-order valence-corrected chi connectivity index (χ2v) is 8.72. The van der Waals surface area contributed by atoms with E-state index in [0.29, 0.717) is 0 Å². The molecular formula is C32H23N3. The van der Waals surface area contributed by atoms with Gasteiger partial charge in [-0.05, 0) is 52.1 Å². The van der Waals surface area contributed by atoms with Gasteiger partial charge in [-0.2, -0.15) is 0 Å². The van der Waals surface area contributed by atoms with Gasteiger partial charge in [0.1, 0.15) is 6.33 Å². The minimum Gasteiger partial charge on any atom is -0.264 e. The Kier molecular flexibility index (Phi) is 5.36. The van der Waals surface area contributed by atoms with Crippen LogP contribution in [0.2, 0.25) is 0 Å². The van der Waals surface area contributed by atoms with E-state index in [1.54, 1.807) is 6.33 Å². The van der Waals surface area contributed by atoms with E-state index in [0.717, 1.165) is 39.2 Å². The number of pyridine rings is 1. The van der Waals surface area contributed by atoms with Gasteiger partial charge >= 0.3 is 0 Å². The number of fused-ring (bicyclic) bond motifs is 1. The molecule has 0 bridgehead atoms. The van der Waals surface area contributed by atoms with E-state index in [1.807, 2.05) is 12.4 Å². The van der Waals surface area contributed by atoms with E-state index < -0.39 is 0 Å². The summed E-state index contributed by atoms with van der Waals surface area (Å²) in [6.45, 7) is 2.06. The zero-order valence-electron chi connectivity index (χ0n) is 19.4. The summed E-state index contributed by atoms with van der Waals surface area (Å²) in [4.78, 5) is 13.4. The van der Waals surface area contributed by atoms with Crippen LogP contribution in [0, 0.1) is 6.92 Å². The highest BCUT2D eigenvalue weighted by Gasteiger charge is 2.08. The van der Waals surface area contributed by atoms with Crippen LogP contribution >= 0.6 is 0 Å². The van der Waals surface area contributed by atoms with Gasteiger partial charge in [0.05, 0.1) is 11.4 Å². The Morgan fingerprint density at radius 3 is 1.86 bits per heavy atom. The molecule has 0 radical (unpaired) electrons. The Hall–Kier alpha value is -4.63. The van der Waals surface area contributed by atoms with Crippen molar-refractivity contribution < 1.29 is 0 Å². The molecule has 3 nitrogen and oxygen atoms in total. The van der Waals surface area contributed by atoms with Crippen molar-refractivity contribution in [2.75, 3.05) is 0 Å². The first kappa shape index (κ1) is 20.9. The van der Waals surface area contributed by atoms with Crippen molar-refractivity contribution in [2.24, 2.45) is 0 Å². The maximum Gasteiger partial charge on any atom is 0.116 e. The molecule has 35 heavy (non-hydrogen) atoms. The zero-order chi connectivity index (χ0) is 23.6. The molecule has 0 atom stereocenters. The fourth-order valence-electron chi connectivity index (χ4n) is 4.52. The first-order valence-corrected chi connectivity index (χ1v) is 11.7. The Bertz CT molecular complexity index is 1630. The van der Waals surface area contributed by atoms with Crippen LogP contribution in [0.1, 0.15) is 5.56 Å². The van der Waals surface area contributed by atoms with Gasteiger partial charge in [0.2, 0.25) is 0 Å². The van der Waals surface area contributed by atoms with Crippen molar-refractivity contribution in [2.45, 2.75) is 6.92 Å². The largest absolute Gasteiger partial charge is 0.264 e. The average Bonchev–Trinajstić information content (AvgIpc) is 2.93. The molecule has 0 fully saturated rings. The standard InChI is InChI=1S/C32H23N3/c1-22-17-28(20-33-19-22)23-9-13-26(14-10-23)31-18-32(35-21-34-31)27-15-11-25(12-16-27)30-8-4-6-24-5-2-3-7-29(24)30/h2-21H,1H3. The molecule has 6 rings (SSSR count). The van der Waals surface area contributed by atoms with Crippen molar-refractivity contribution >= 4 is 10.8 Å². The van der Waals surface area contributed by atoms with Crippen LogP contribution in [-0.2, 0) is 0 Å². The quantitative estimate of drug-likeness (QED) is 0.274. The first-order chi connectivity index (χ1) is 17.2. The van der Waals surface area contributed by atoms with Crippen LogP contribution in [0.15, 0.2) is 122 Å². The summed E-state index contributed by atoms with van der Waals surface area (Å²) in [6.07, 6.45) is 5.41. The highest BCUT2D eigenvalue weighted by Crippen LogP contribution is 2.31. The van der Waals surface area contributed by atoms with E-state index in [4.69, 9.17) is 0 Å². The molecule has 166 valence electrons. The summed E-state index contributed by atoms with van der Waals surface area (Å²) in [5.41, 5.74) is 9.79. The molecule has 0 amide bonds. The summed E-state index contributed by atoms with van der Waals surface area (Å²) in [6, 6.07) is 36.2. The Morgan fingerprint density at radius 2 is 1.14 bits per heavy atom. The summed E-state index contributed by atoms with van der Waals surface area (Å²) in [7, 11) is 0. The summed E-state index contributed by atoms with van der Waals surface area (Å²) in [5.74, 6) is 0. The second kappa shape index (κ2) is 8.96. The predicted molar refractivity (Wildman–Crippen MR) is 144 cm³/mol. The molecule has 4 aromatic carbocycles. The van der Waals surface area contributed by atoms with Crippen molar-refractivity contribution in [3.8, 4) is 44.8 Å². The molecule has 0 aliphatic heterocycles. The lowest BCUT2D eigenvalue weighted by Crippen LogP contribution is -1.90. The molecule has 0 N–H and O–H groups in total. The van der Waals surface area contributed by atoms with Crippen molar-refractivity contribution in [1.29, 1.82) is 0 Å². The van der Waals surface area contributed by atoms with Crippen LogP contribution in [0.25, 0.3) is 55.5 Å². The molecular weight excluding hydrogens is 426 g/mol. The highest BCUT2D eigenvalue weighted by molar-refractivity contribution is 5.96. The number of aromatic nitrogens is 3. The molecule has 6 aromatic rings. The normalized spacial score (nSPS) is 11.0. The third kappa shape index (κ3) is 4.20. The maximum atomic E-state index is 4.54. The molecule has 0 aliphatic carbocycles. The number of rotatable bonds is 4. The molecule has 0 unspecified atom stereocenters. The fourth-order valence-corrected chi connectivity index (χ4v) is 4.52. The van der Waals surface area contributed by atoms with E-state index in [-0.39, 0.29) is 0 Å². The number of benzene rings is 4. The van der Waals surface area contributed by atoms with Gasteiger partial charge in [-0.25, -0.2) is 9.97 Å². The lowest BCUT2D eigenvalue weighted by Gasteiger charge is -2.09. The van der Waals surface area contributed by atoms with Gasteiger partial charge in [0.25, 0.3) is 0 Å². The third-order valence-corrected chi connectivity index (χ3v) is 6.34. The Labute approximate surface area is 204 Å². The molecule has 2 aromatic heterocycles. The van der Waals surface area contributed by atoms with Gasteiger partial charge in [-0.3, -0.25) is 4.98 Å². The summed E-state index contributed by atoms with van der Waals surface area (Å²) >= 11 is 0. The third-order valence-electron chi connectivity index (χ3n) is 6.34. The molecule has 0 spiro atoms. The molecule has 0 saturated carbocycles. The van der Waals surface area contributed by atoms with E-state index in [9.17, 15) is 0 Å². The lowest BCUT2D eigenvalue weighted by atomic mass is 9.97. The topological polar surface area (TPSA) is 38.7 Å². The lowest BCUT2D eigenvalue weighted by molar-refractivity contribution is 1.18. The maximum absolute atomic E-state index is 4.54. The van der Waals surface area contributed by atoms with Gasteiger partial charge in [0, 0.05) is 29.1 Å². The van der Waals surface area contributed by atoms with E-state index >= 15 is 0 Å². The van der Waals surface area contributed by atoms with E-state index in [2.05, 4.69) is 125 Å². The van der Waals surface area contributed by atoms with Gasteiger partial charge < -0.3 is 0 Å². The smallest absolute Gasteiger partial charge is 0.116 e. The van der Waals surface area contributed by atoms with Crippen molar-refractivity contribution in [3.05, 3.63) is 127 Å². The van der Waals surface area contributed by atoms with Crippen LogP contribution < -0.4 is 0 Å². The Morgan fingerprint density at radius 1 is 0.514 bits per heavy atom. The Balaban J connectivity index is 1.29. The molecule has 3 heteroatoms. The second-order valence-electron chi connectivity index (χ2n) is 8.72. The number of hydrogen-bond acceptors (Lipinski definition) is 3. The monoisotopic (exact) mass is 449 g/mol. The number of nitrogens with zero attached hydrogens (tertiary/aromatic N) is 3. The van der Waals surface area contributed by atoms with Crippen LogP contribution in [0.4, 0.5) is 0 Å². The number of aryl methyl sites for hydroxylation is 1. The van der Waals surface area contributed by atoms with Crippen LogP contribution in [0.3, 0.4) is 0 Å². The fraction of sp³-hybridized carbons (Fsp3) is 0.0312. The molecule has 0 saturated heterocycles. The highest BCUT2D eigenvalue weighted by atomic mass is 14.8. The SMILES string of the molecule is Cc1cncc(-c2ccc(-c3cc(-c4ccc(-c5cccc6ccccc56)cc4)ncn3)cc2)c1. The van der Waals surface area contributed by atoms with E-state index in [1.165, 1.54) is 21.9 Å². The average molecular weight is 450 g/mol. The predicted octanol–water partition coefficient (Wildman–Crippen LogP) is 8.00. The van der Waals surface area contributed by atoms with Crippen LogP contribution in [-0.4, -0.2) is 15.0 Å². The summed E-state index contributed by atoms with van der Waals surface area (Å²) < 4.78 is 0. The molecule has 2 heterocycles. The van der Waals surface area contributed by atoms with Gasteiger partial charge in [-0.1, -0.05) is 91.0 Å². The molecule has 0 aliphatic rings.